The number of carbonyl (C=O) groups is 1. The fourth-order valence-corrected chi connectivity index (χ4v) is 6.82. The Kier molecular flexibility index (Phi) is 16.7. The molecule has 0 unspecified atom stereocenters. The average Bonchev–Trinajstić information content (AvgIpc) is 3.42. The predicted molar refractivity (Wildman–Crippen MR) is 183 cm³/mol. The lowest BCUT2D eigenvalue weighted by atomic mass is 9.76. The zero-order chi connectivity index (χ0) is 39.0. The van der Waals surface area contributed by atoms with Gasteiger partial charge in [0.15, 0.2) is 30.6 Å². The highest BCUT2D eigenvalue weighted by molar-refractivity contribution is 5.83. The molecule has 3 heterocycles. The molecule has 4 aliphatic rings. The van der Waals surface area contributed by atoms with Crippen molar-refractivity contribution in [3.8, 4) is 0 Å². The molecular formula is C31H58N8O14. The highest BCUT2D eigenvalue weighted by atomic mass is 16.8. The number of nitrogens with two attached hydrogens (primary N) is 6. The lowest BCUT2D eigenvalue weighted by molar-refractivity contribution is -0.286. The Labute approximate surface area is 306 Å². The lowest BCUT2D eigenvalue weighted by Crippen LogP contribution is -2.64. The molecule has 0 aromatic heterocycles. The third-order valence-electron chi connectivity index (χ3n) is 9.80. The van der Waals surface area contributed by atoms with E-state index in [-0.39, 0.29) is 44.9 Å². The van der Waals surface area contributed by atoms with Crippen molar-refractivity contribution in [1.29, 1.82) is 0 Å². The first-order chi connectivity index (χ1) is 25.2. The molecule has 0 spiro atoms. The van der Waals surface area contributed by atoms with E-state index in [1.165, 1.54) is 0 Å². The first kappa shape index (κ1) is 43.7. The highest BCUT2D eigenvalue weighted by Gasteiger charge is 2.54. The van der Waals surface area contributed by atoms with Crippen molar-refractivity contribution in [2.75, 3.05) is 39.4 Å². The fourth-order valence-electron chi connectivity index (χ4n) is 6.82. The van der Waals surface area contributed by atoms with Gasteiger partial charge < -0.3 is 104 Å². The maximum absolute atomic E-state index is 13.0. The van der Waals surface area contributed by atoms with Gasteiger partial charge in [-0.1, -0.05) is 12.2 Å². The van der Waals surface area contributed by atoms with Crippen LogP contribution in [0.4, 0.5) is 0 Å². The normalized spacial score (nSPS) is 42.4. The summed E-state index contributed by atoms with van der Waals surface area (Å²) in [4.78, 5) is 16.8. The van der Waals surface area contributed by atoms with Gasteiger partial charge in [-0.25, -0.2) is 0 Å². The van der Waals surface area contributed by atoms with Gasteiger partial charge in [0, 0.05) is 45.1 Å². The number of aliphatic hydroxyl groups excluding tert-OH is 7. The summed E-state index contributed by atoms with van der Waals surface area (Å²) >= 11 is 0. The zero-order valence-electron chi connectivity index (χ0n) is 29.3. The van der Waals surface area contributed by atoms with Crippen LogP contribution in [0.2, 0.25) is 0 Å². The molecule has 18 atom stereocenters. The molecule has 0 aromatic rings. The number of guanidine groups is 1. The quantitative estimate of drug-likeness (QED) is 0.0266. The van der Waals surface area contributed by atoms with E-state index in [1.54, 1.807) is 12.2 Å². The monoisotopic (exact) mass is 766 g/mol. The third-order valence-corrected chi connectivity index (χ3v) is 9.80. The van der Waals surface area contributed by atoms with E-state index >= 15 is 0 Å². The van der Waals surface area contributed by atoms with Crippen LogP contribution in [0.15, 0.2) is 17.1 Å². The molecule has 1 aliphatic carbocycles. The maximum Gasteiger partial charge on any atom is 0.187 e. The van der Waals surface area contributed by atoms with E-state index in [1.807, 2.05) is 0 Å². The molecule has 2 saturated heterocycles. The minimum atomic E-state index is -1.66. The SMILES string of the molecule is NC[C@@H]1O[C@H](O[C@H]2[C@@H](O)[C@H](O[C@@H]3[C@@H](O)[C@H](CC(=O)[C@@H](O)CCN=C(N)N)C[C@H](N)[C@H]3O[C@H]3O[C@H](CNCCO)C=C[C@H]3N)O[C@@H]2CO)[C@H](N)[C@@H](O)[C@@H]1O. The molecular weight excluding hydrogens is 708 g/mol. The Morgan fingerprint density at radius 1 is 0.868 bits per heavy atom. The van der Waals surface area contributed by atoms with E-state index < -0.39 is 122 Å². The van der Waals surface area contributed by atoms with E-state index in [2.05, 4.69) is 10.3 Å². The molecule has 4 rings (SSSR count). The van der Waals surface area contributed by atoms with Gasteiger partial charge in [-0.15, -0.1) is 0 Å². The summed E-state index contributed by atoms with van der Waals surface area (Å²) in [5.41, 5.74) is 35.3. The van der Waals surface area contributed by atoms with Gasteiger partial charge in [0.05, 0.1) is 37.5 Å². The maximum atomic E-state index is 13.0. The number of hydrogen-bond donors (Lipinski definition) is 14. The molecule has 3 aliphatic heterocycles. The van der Waals surface area contributed by atoms with Crippen LogP contribution in [0.3, 0.4) is 0 Å². The van der Waals surface area contributed by atoms with Crippen LogP contribution < -0.4 is 39.7 Å². The van der Waals surface area contributed by atoms with Gasteiger partial charge in [-0.05, 0) is 12.3 Å². The molecule has 0 amide bonds. The molecule has 0 bridgehead atoms. The van der Waals surface area contributed by atoms with Crippen molar-refractivity contribution in [1.82, 2.24) is 5.32 Å². The second kappa shape index (κ2) is 20.2. The number of aliphatic imine (C=N–C) groups is 1. The van der Waals surface area contributed by atoms with Crippen LogP contribution in [0.5, 0.6) is 0 Å². The van der Waals surface area contributed by atoms with E-state index in [0.717, 1.165) is 0 Å². The Balaban J connectivity index is 1.54. The minimum Gasteiger partial charge on any atom is -0.395 e. The van der Waals surface area contributed by atoms with Crippen molar-refractivity contribution in [2.24, 2.45) is 45.3 Å². The van der Waals surface area contributed by atoms with Crippen LogP contribution >= 0.6 is 0 Å². The number of nitrogens with one attached hydrogen (secondary N) is 1. The third kappa shape index (κ3) is 11.1. The van der Waals surface area contributed by atoms with Crippen LogP contribution in [0.1, 0.15) is 19.3 Å². The second-order valence-corrected chi connectivity index (χ2v) is 13.7. The van der Waals surface area contributed by atoms with Gasteiger partial charge in [-0.2, -0.15) is 0 Å². The van der Waals surface area contributed by atoms with Crippen molar-refractivity contribution in [2.45, 2.75) is 123 Å². The van der Waals surface area contributed by atoms with E-state index in [0.29, 0.717) is 13.1 Å². The summed E-state index contributed by atoms with van der Waals surface area (Å²) in [6, 6.07) is -2.97. The number of ether oxygens (including phenoxy) is 6. The van der Waals surface area contributed by atoms with Crippen molar-refractivity contribution in [3.05, 3.63) is 12.2 Å². The molecule has 0 aromatic carbocycles. The fraction of sp³-hybridized carbons (Fsp3) is 0.871. The summed E-state index contributed by atoms with van der Waals surface area (Å²) in [5, 5.41) is 76.6. The summed E-state index contributed by atoms with van der Waals surface area (Å²) < 4.78 is 35.9. The minimum absolute atomic E-state index is 0.00832. The van der Waals surface area contributed by atoms with Crippen LogP contribution in [-0.4, -0.2) is 191 Å². The van der Waals surface area contributed by atoms with Gasteiger partial charge in [0.2, 0.25) is 0 Å². The Bertz CT molecular complexity index is 1210. The van der Waals surface area contributed by atoms with Crippen LogP contribution in [0.25, 0.3) is 0 Å². The molecule has 1 saturated carbocycles. The molecule has 3 fully saturated rings. The standard InChI is InChI=1S/C31H58N8O14/c32-9-18-22(45)23(46)20(35)29(49-18)52-26-19(11-41)50-30(24(26)47)53-27-21(44)12(8-17(43)16(42)3-4-39-31(36)37)7-15(34)25(27)51-28-14(33)2-1-13(48-28)10-38-5-6-40/h1-2,12-16,18-30,38,40-42,44-47H,3-11,32-35H2,(H4,36,37,39)/t12-,13-,14+,15-,16-,18-,19+,20+,21-,22+,23+,24+,25+,26+,27+,28+,29+,30-/m0/s1. The molecule has 306 valence electrons. The molecule has 0 radical (unpaired) electrons. The summed E-state index contributed by atoms with van der Waals surface area (Å²) in [7, 11) is 0. The molecule has 22 heteroatoms. The van der Waals surface area contributed by atoms with Crippen LogP contribution in [-0.2, 0) is 33.2 Å². The van der Waals surface area contributed by atoms with Crippen LogP contribution in [0, 0.1) is 5.92 Å². The number of carbonyl (C=O) groups excluding carboxylic acids is 1. The summed E-state index contributed by atoms with van der Waals surface area (Å²) in [6.45, 7) is -0.321. The van der Waals surface area contributed by atoms with Gasteiger partial charge in [0.1, 0.15) is 54.9 Å². The summed E-state index contributed by atoms with van der Waals surface area (Å²) in [5.74, 6) is -1.68. The van der Waals surface area contributed by atoms with Gasteiger partial charge in [-0.3, -0.25) is 9.79 Å². The number of hydrogen-bond acceptors (Lipinski definition) is 20. The first-order valence-electron chi connectivity index (χ1n) is 17.7. The van der Waals surface area contributed by atoms with Crippen molar-refractivity contribution >= 4 is 11.7 Å². The van der Waals surface area contributed by atoms with Crippen molar-refractivity contribution in [3.63, 3.8) is 0 Å². The number of rotatable bonds is 18. The number of aliphatic hydroxyl groups is 7. The smallest absolute Gasteiger partial charge is 0.187 e. The highest BCUT2D eigenvalue weighted by Crippen LogP contribution is 2.37. The van der Waals surface area contributed by atoms with Gasteiger partial charge in [0.25, 0.3) is 0 Å². The Hall–Kier alpha value is -2.04. The largest absolute Gasteiger partial charge is 0.395 e. The molecule has 22 nitrogen and oxygen atoms in total. The van der Waals surface area contributed by atoms with E-state index in [4.69, 9.17) is 67.9 Å². The zero-order valence-corrected chi connectivity index (χ0v) is 29.3. The summed E-state index contributed by atoms with van der Waals surface area (Å²) in [6.07, 6.45) is -15.3. The molecule has 53 heavy (non-hydrogen) atoms. The Morgan fingerprint density at radius 2 is 1.55 bits per heavy atom. The topological polar surface area (TPSA) is 395 Å². The first-order valence-corrected chi connectivity index (χ1v) is 17.7. The number of ketones is 1. The Morgan fingerprint density at radius 3 is 2.21 bits per heavy atom. The number of Topliss-reactive ketones (excluding diaryl/α,β-unsaturated/α-hetero) is 1. The average molecular weight is 767 g/mol. The lowest BCUT2D eigenvalue weighted by Gasteiger charge is -2.46. The number of nitrogens with zero attached hydrogens (tertiary/aromatic N) is 1. The predicted octanol–water partition coefficient (Wildman–Crippen LogP) is -8.17. The van der Waals surface area contributed by atoms with Crippen molar-refractivity contribution < 1.29 is 69.0 Å². The molecule has 20 N–H and O–H groups in total. The van der Waals surface area contributed by atoms with E-state index in [9.17, 15) is 35.4 Å². The second-order valence-electron chi connectivity index (χ2n) is 13.7. The van der Waals surface area contributed by atoms with Gasteiger partial charge >= 0.3 is 0 Å².